The Hall–Kier alpha value is -11.0. The van der Waals surface area contributed by atoms with E-state index in [-0.39, 0.29) is 0 Å². The van der Waals surface area contributed by atoms with Gasteiger partial charge in [-0.05, 0) is 190 Å². The SMILES string of the molecule is c1ccc(-n2c3ccc(-c4cccc(-c5ccc(N(c6ccc(-c7cccc8ccccc78)cc6)c6ccc7c(c6)C6(c8ccccc8-c8ccccc86)c6ccccc6-7)cc5)c4)cc3c3cc4c(ccc5oc6ccccc6c54)cc32)cc1. The van der Waals surface area contributed by atoms with E-state index in [0.717, 1.165) is 55.8 Å². The predicted molar refractivity (Wildman–Crippen MR) is 350 cm³/mol. The zero-order chi connectivity index (χ0) is 55.0. The van der Waals surface area contributed by atoms with Gasteiger partial charge in [0.05, 0.1) is 16.4 Å². The van der Waals surface area contributed by atoms with Crippen molar-refractivity contribution >= 4 is 82.4 Å². The molecule has 2 aliphatic rings. The summed E-state index contributed by atoms with van der Waals surface area (Å²) in [4.78, 5) is 2.45. The van der Waals surface area contributed by atoms with Crippen molar-refractivity contribution in [3.05, 3.63) is 326 Å². The maximum absolute atomic E-state index is 6.40. The number of para-hydroxylation sites is 2. The molecule has 16 aromatic rings. The summed E-state index contributed by atoms with van der Waals surface area (Å²) >= 11 is 0. The molecule has 3 nitrogen and oxygen atoms in total. The molecule has 0 amide bonds. The van der Waals surface area contributed by atoms with Gasteiger partial charge in [-0.2, -0.15) is 0 Å². The minimum absolute atomic E-state index is 0.464. The first-order valence-corrected chi connectivity index (χ1v) is 29.0. The van der Waals surface area contributed by atoms with Gasteiger partial charge in [0.2, 0.25) is 0 Å². The monoisotopic (exact) mass is 1070 g/mol. The summed E-state index contributed by atoms with van der Waals surface area (Å²) in [5.74, 6) is 0. The zero-order valence-electron chi connectivity index (χ0n) is 45.7. The number of hydrogen-bond acceptors (Lipinski definition) is 2. The van der Waals surface area contributed by atoms with Gasteiger partial charge in [0.25, 0.3) is 0 Å². The summed E-state index contributed by atoms with van der Waals surface area (Å²) in [6.45, 7) is 0. The molecule has 1 spiro atoms. The van der Waals surface area contributed by atoms with E-state index in [0.29, 0.717) is 0 Å². The zero-order valence-corrected chi connectivity index (χ0v) is 45.7. The van der Waals surface area contributed by atoms with Crippen LogP contribution in [-0.4, -0.2) is 4.57 Å². The number of aromatic nitrogens is 1. The lowest BCUT2D eigenvalue weighted by Crippen LogP contribution is -2.26. The molecule has 0 saturated heterocycles. The highest BCUT2D eigenvalue weighted by Gasteiger charge is 2.51. The fourth-order valence-electron chi connectivity index (χ4n) is 14.7. The van der Waals surface area contributed by atoms with E-state index >= 15 is 0 Å². The van der Waals surface area contributed by atoms with Crippen LogP contribution in [0, 0.1) is 0 Å². The van der Waals surface area contributed by atoms with Crippen LogP contribution in [0.2, 0.25) is 0 Å². The Morgan fingerprint density at radius 2 is 0.821 bits per heavy atom. The largest absolute Gasteiger partial charge is 0.456 e. The lowest BCUT2D eigenvalue weighted by atomic mass is 9.70. The van der Waals surface area contributed by atoms with E-state index < -0.39 is 5.41 Å². The minimum atomic E-state index is -0.464. The first kappa shape index (κ1) is 46.7. The van der Waals surface area contributed by atoms with E-state index in [1.807, 2.05) is 6.07 Å². The Morgan fingerprint density at radius 3 is 1.56 bits per heavy atom. The van der Waals surface area contributed by atoms with Crippen LogP contribution in [0.25, 0.3) is 127 Å². The van der Waals surface area contributed by atoms with Crippen molar-refractivity contribution in [2.75, 3.05) is 4.90 Å². The van der Waals surface area contributed by atoms with Crippen molar-refractivity contribution in [1.82, 2.24) is 4.57 Å². The quantitative estimate of drug-likeness (QED) is 0.159. The molecule has 0 unspecified atom stereocenters. The summed E-state index contributed by atoms with van der Waals surface area (Å²) in [5, 5.41) is 9.58. The van der Waals surface area contributed by atoms with Crippen molar-refractivity contribution in [3.63, 3.8) is 0 Å². The molecule has 0 N–H and O–H groups in total. The Labute approximate surface area is 485 Å². The van der Waals surface area contributed by atoms with Crippen molar-refractivity contribution < 1.29 is 4.42 Å². The molecule has 18 rings (SSSR count). The van der Waals surface area contributed by atoms with Gasteiger partial charge in [-0.1, -0.05) is 212 Å². The number of benzene rings is 14. The highest BCUT2D eigenvalue weighted by Crippen LogP contribution is 2.63. The Bertz CT molecular complexity index is 5310. The summed E-state index contributed by atoms with van der Waals surface area (Å²) in [5.41, 5.74) is 25.7. The molecule has 0 atom stereocenters. The first-order chi connectivity index (χ1) is 41.6. The molecule has 84 heavy (non-hydrogen) atoms. The number of anilines is 3. The van der Waals surface area contributed by atoms with Crippen molar-refractivity contribution in [2.24, 2.45) is 0 Å². The van der Waals surface area contributed by atoms with E-state index in [1.54, 1.807) is 0 Å². The molecule has 3 heteroatoms. The second kappa shape index (κ2) is 18.0. The van der Waals surface area contributed by atoms with Crippen LogP contribution >= 0.6 is 0 Å². The van der Waals surface area contributed by atoms with Crippen LogP contribution in [0.4, 0.5) is 17.1 Å². The van der Waals surface area contributed by atoms with E-state index in [2.05, 4.69) is 307 Å². The second-order valence-electron chi connectivity index (χ2n) is 22.7. The van der Waals surface area contributed by atoms with Crippen LogP contribution in [0.1, 0.15) is 22.3 Å². The molecule has 0 saturated carbocycles. The number of hydrogen-bond donors (Lipinski definition) is 0. The summed E-state index contributed by atoms with van der Waals surface area (Å²) in [7, 11) is 0. The van der Waals surface area contributed by atoms with Crippen molar-refractivity contribution in [3.8, 4) is 61.3 Å². The Balaban J connectivity index is 0.764. The van der Waals surface area contributed by atoms with Gasteiger partial charge in [0.1, 0.15) is 11.2 Å². The summed E-state index contributed by atoms with van der Waals surface area (Å²) < 4.78 is 8.81. The number of nitrogens with zero attached hydrogens (tertiary/aromatic N) is 2. The van der Waals surface area contributed by atoms with E-state index in [1.165, 1.54) is 110 Å². The van der Waals surface area contributed by atoms with Crippen molar-refractivity contribution in [1.29, 1.82) is 0 Å². The van der Waals surface area contributed by atoms with Gasteiger partial charge >= 0.3 is 0 Å². The Kier molecular flexibility index (Phi) is 10.0. The van der Waals surface area contributed by atoms with Crippen molar-refractivity contribution in [2.45, 2.75) is 5.41 Å². The minimum Gasteiger partial charge on any atom is -0.456 e. The molecule has 0 fully saturated rings. The highest BCUT2D eigenvalue weighted by atomic mass is 16.3. The molecule has 0 aliphatic heterocycles. The molecule has 2 aliphatic carbocycles. The normalized spacial score (nSPS) is 12.9. The van der Waals surface area contributed by atoms with Gasteiger partial charge < -0.3 is 13.9 Å². The highest BCUT2D eigenvalue weighted by molar-refractivity contribution is 6.23. The first-order valence-electron chi connectivity index (χ1n) is 29.0. The lowest BCUT2D eigenvalue weighted by Gasteiger charge is -2.32. The van der Waals surface area contributed by atoms with Gasteiger partial charge in [-0.25, -0.2) is 0 Å². The maximum atomic E-state index is 6.40. The van der Waals surface area contributed by atoms with Crippen LogP contribution in [0.15, 0.2) is 308 Å². The lowest BCUT2D eigenvalue weighted by molar-refractivity contribution is 0.669. The topological polar surface area (TPSA) is 21.3 Å². The average Bonchev–Trinajstić information content (AvgIpc) is 1.57. The van der Waals surface area contributed by atoms with Crippen LogP contribution < -0.4 is 4.90 Å². The van der Waals surface area contributed by atoms with Gasteiger partial charge in [0.15, 0.2) is 0 Å². The average molecular weight is 1070 g/mol. The third-order valence-corrected chi connectivity index (χ3v) is 18.4. The number of furan rings is 1. The molecule has 0 bridgehead atoms. The molecule has 390 valence electrons. The van der Waals surface area contributed by atoms with Gasteiger partial charge in [0, 0.05) is 44.3 Å². The van der Waals surface area contributed by atoms with Crippen LogP contribution in [-0.2, 0) is 5.41 Å². The van der Waals surface area contributed by atoms with E-state index in [4.69, 9.17) is 4.42 Å². The summed E-state index contributed by atoms with van der Waals surface area (Å²) in [6, 6.07) is 112. The molecular formula is C81H50N2O. The molecule has 2 heterocycles. The molecule has 14 aromatic carbocycles. The standard InChI is InChI=1S/C81H50N2O/c1-2-20-58(21-3-1)83-76-44-36-56(47-70(76)71-50-69-57(48-77(71)83)37-45-79-80(69)68-26-9-13-31-78(68)84-79)55-19-14-18-54(46-55)51-32-38-59(39-33-51)82(60-40-34-53(35-41-60)63-27-15-17-52-16-4-5-22-62(52)63)61-42-43-67-66-25-8-12-30-74(66)81(75(67)49-61)72-28-10-6-23-64(72)65-24-7-11-29-73(65)81/h1-50H. The number of rotatable bonds is 7. The van der Waals surface area contributed by atoms with Gasteiger partial charge in [-0.3, -0.25) is 0 Å². The van der Waals surface area contributed by atoms with Gasteiger partial charge in [-0.15, -0.1) is 0 Å². The molecule has 2 aromatic heterocycles. The summed E-state index contributed by atoms with van der Waals surface area (Å²) in [6.07, 6.45) is 0. The maximum Gasteiger partial charge on any atom is 0.136 e. The van der Waals surface area contributed by atoms with E-state index in [9.17, 15) is 0 Å². The fourth-order valence-corrected chi connectivity index (χ4v) is 14.7. The third-order valence-electron chi connectivity index (χ3n) is 18.4. The fraction of sp³-hybridized carbons (Fsp3) is 0.0123. The number of fused-ring (bicyclic) bond motifs is 19. The predicted octanol–water partition coefficient (Wildman–Crippen LogP) is 21.8. The third kappa shape index (κ3) is 6.75. The van der Waals surface area contributed by atoms with Crippen LogP contribution in [0.5, 0.6) is 0 Å². The second-order valence-corrected chi connectivity index (χ2v) is 22.7. The molecular weight excluding hydrogens is 1020 g/mol. The Morgan fingerprint density at radius 1 is 0.274 bits per heavy atom. The smallest absolute Gasteiger partial charge is 0.136 e. The van der Waals surface area contributed by atoms with Crippen LogP contribution in [0.3, 0.4) is 0 Å². The molecule has 0 radical (unpaired) electrons.